The molecule has 1 fully saturated rings. The lowest BCUT2D eigenvalue weighted by Gasteiger charge is -2.25. The van der Waals surface area contributed by atoms with E-state index in [4.69, 9.17) is 9.47 Å². The number of benzene rings is 2. The van der Waals surface area contributed by atoms with Crippen molar-refractivity contribution < 1.29 is 19.1 Å². The second-order valence-corrected chi connectivity index (χ2v) is 6.65. The molecule has 2 aromatic carbocycles. The van der Waals surface area contributed by atoms with Crippen LogP contribution in [0.2, 0.25) is 0 Å². The van der Waals surface area contributed by atoms with Crippen LogP contribution in [0.15, 0.2) is 48.5 Å². The van der Waals surface area contributed by atoms with Gasteiger partial charge in [0.25, 0.3) is 0 Å². The predicted molar refractivity (Wildman–Crippen MR) is 103 cm³/mol. The minimum Gasteiger partial charge on any atom is -0.493 e. The van der Waals surface area contributed by atoms with E-state index < -0.39 is 0 Å². The van der Waals surface area contributed by atoms with Gasteiger partial charge in [-0.15, -0.1) is 0 Å². The molecule has 0 bridgehead atoms. The van der Waals surface area contributed by atoms with Crippen molar-refractivity contribution in [3.8, 4) is 11.5 Å². The van der Waals surface area contributed by atoms with E-state index in [2.05, 4.69) is 0 Å². The maximum Gasteiger partial charge on any atom is 0.223 e. The Morgan fingerprint density at radius 1 is 1.00 bits per heavy atom. The number of rotatable bonds is 7. The minimum atomic E-state index is 0.00538. The van der Waals surface area contributed by atoms with Gasteiger partial charge in [-0.2, -0.15) is 0 Å². The van der Waals surface area contributed by atoms with Gasteiger partial charge in [0.2, 0.25) is 5.91 Å². The SMILES string of the molecule is COc1ccc([C@H]2CCCN2C(=O)CCC(=O)c2ccccc2)cc1OC. The van der Waals surface area contributed by atoms with Crippen LogP contribution in [0.4, 0.5) is 0 Å². The monoisotopic (exact) mass is 367 g/mol. The molecule has 3 rings (SSSR count). The van der Waals surface area contributed by atoms with E-state index in [1.54, 1.807) is 26.4 Å². The first kappa shape index (κ1) is 19.0. The van der Waals surface area contributed by atoms with Crippen LogP contribution < -0.4 is 9.47 Å². The molecule has 5 heteroatoms. The highest BCUT2D eigenvalue weighted by atomic mass is 16.5. The number of amides is 1. The summed E-state index contributed by atoms with van der Waals surface area (Å²) in [5.41, 5.74) is 1.69. The average Bonchev–Trinajstić information content (AvgIpc) is 3.21. The number of ketones is 1. The molecule has 0 aliphatic carbocycles. The quantitative estimate of drug-likeness (QED) is 0.693. The lowest BCUT2D eigenvalue weighted by atomic mass is 10.0. The molecule has 1 amide bonds. The number of ether oxygens (including phenoxy) is 2. The van der Waals surface area contributed by atoms with Gasteiger partial charge >= 0.3 is 0 Å². The zero-order chi connectivity index (χ0) is 19.2. The zero-order valence-electron chi connectivity index (χ0n) is 15.8. The van der Waals surface area contributed by atoms with Crippen LogP contribution in [0.3, 0.4) is 0 Å². The summed E-state index contributed by atoms with van der Waals surface area (Å²) in [6.45, 7) is 0.720. The Morgan fingerprint density at radius 3 is 2.44 bits per heavy atom. The number of carbonyl (C=O) groups is 2. The first-order valence-electron chi connectivity index (χ1n) is 9.23. The molecular formula is C22H25NO4. The smallest absolute Gasteiger partial charge is 0.223 e. The molecule has 1 atom stereocenters. The summed E-state index contributed by atoms with van der Waals surface area (Å²) in [6.07, 6.45) is 2.33. The van der Waals surface area contributed by atoms with Crippen molar-refractivity contribution in [3.63, 3.8) is 0 Å². The van der Waals surface area contributed by atoms with Crippen LogP contribution >= 0.6 is 0 Å². The zero-order valence-corrected chi connectivity index (χ0v) is 15.8. The van der Waals surface area contributed by atoms with Crippen LogP contribution in [-0.2, 0) is 4.79 Å². The van der Waals surface area contributed by atoms with Gasteiger partial charge in [-0.3, -0.25) is 9.59 Å². The largest absolute Gasteiger partial charge is 0.493 e. The Morgan fingerprint density at radius 2 is 1.74 bits per heavy atom. The van der Waals surface area contributed by atoms with Crippen molar-refractivity contribution in [3.05, 3.63) is 59.7 Å². The fourth-order valence-electron chi connectivity index (χ4n) is 3.60. The van der Waals surface area contributed by atoms with Gasteiger partial charge in [0.05, 0.1) is 20.3 Å². The highest BCUT2D eigenvalue weighted by Gasteiger charge is 2.30. The highest BCUT2D eigenvalue weighted by molar-refractivity contribution is 5.97. The third-order valence-electron chi connectivity index (χ3n) is 5.03. The number of hydrogen-bond acceptors (Lipinski definition) is 4. The molecule has 5 nitrogen and oxygen atoms in total. The molecule has 0 N–H and O–H groups in total. The standard InChI is InChI=1S/C22H25NO4/c1-26-20-12-10-17(15-21(20)27-2)18-9-6-14-23(18)22(25)13-11-19(24)16-7-4-3-5-8-16/h3-5,7-8,10,12,15,18H,6,9,11,13-14H2,1-2H3/t18-/m1/s1. The summed E-state index contributed by atoms with van der Waals surface area (Å²) in [5, 5.41) is 0. The number of likely N-dealkylation sites (tertiary alicyclic amines) is 1. The maximum absolute atomic E-state index is 12.8. The molecule has 0 unspecified atom stereocenters. The first-order valence-corrected chi connectivity index (χ1v) is 9.23. The van der Waals surface area contributed by atoms with E-state index in [9.17, 15) is 9.59 Å². The van der Waals surface area contributed by atoms with Crippen LogP contribution in [0.1, 0.15) is 47.6 Å². The highest BCUT2D eigenvalue weighted by Crippen LogP contribution is 2.37. The summed E-state index contributed by atoms with van der Waals surface area (Å²) in [7, 11) is 3.21. The topological polar surface area (TPSA) is 55.8 Å². The third-order valence-corrected chi connectivity index (χ3v) is 5.03. The van der Waals surface area contributed by atoms with Crippen molar-refractivity contribution in [1.82, 2.24) is 4.90 Å². The summed E-state index contributed by atoms with van der Waals surface area (Å²) in [6, 6.07) is 14.9. The van der Waals surface area contributed by atoms with Gasteiger partial charge < -0.3 is 14.4 Å². The second-order valence-electron chi connectivity index (χ2n) is 6.65. The number of carbonyl (C=O) groups excluding carboxylic acids is 2. The summed E-state index contributed by atoms with van der Waals surface area (Å²) in [5.74, 6) is 1.36. The summed E-state index contributed by atoms with van der Waals surface area (Å²) >= 11 is 0. The molecule has 1 aliphatic rings. The number of hydrogen-bond donors (Lipinski definition) is 0. The van der Waals surface area contributed by atoms with Gasteiger partial charge in [0.1, 0.15) is 0 Å². The van der Waals surface area contributed by atoms with Crippen LogP contribution in [0.25, 0.3) is 0 Å². The lowest BCUT2D eigenvalue weighted by molar-refractivity contribution is -0.132. The Kier molecular flexibility index (Phi) is 6.12. The summed E-state index contributed by atoms with van der Waals surface area (Å²) < 4.78 is 10.7. The summed E-state index contributed by atoms with van der Waals surface area (Å²) in [4.78, 5) is 26.9. The molecular weight excluding hydrogens is 342 g/mol. The molecule has 1 saturated heterocycles. The third kappa shape index (κ3) is 4.30. The van der Waals surface area contributed by atoms with E-state index in [0.717, 1.165) is 24.9 Å². The fourth-order valence-corrected chi connectivity index (χ4v) is 3.60. The van der Waals surface area contributed by atoms with Gasteiger partial charge in [0.15, 0.2) is 17.3 Å². The number of Topliss-reactive ketones (excluding diaryl/α,β-unsaturated/α-hetero) is 1. The molecule has 0 spiro atoms. The molecule has 27 heavy (non-hydrogen) atoms. The Hall–Kier alpha value is -2.82. The second kappa shape index (κ2) is 8.71. The first-order chi connectivity index (χ1) is 13.1. The van der Waals surface area contributed by atoms with Crippen LogP contribution in [0, 0.1) is 0 Å². The van der Waals surface area contributed by atoms with Gasteiger partial charge in [-0.05, 0) is 30.5 Å². The molecule has 2 aromatic rings. The molecule has 0 radical (unpaired) electrons. The van der Waals surface area contributed by atoms with Crippen molar-refractivity contribution in [2.75, 3.05) is 20.8 Å². The molecule has 0 aromatic heterocycles. The van der Waals surface area contributed by atoms with Gasteiger partial charge in [-0.1, -0.05) is 36.4 Å². The van der Waals surface area contributed by atoms with Crippen molar-refractivity contribution in [1.29, 1.82) is 0 Å². The molecule has 1 aliphatic heterocycles. The predicted octanol–water partition coefficient (Wildman–Crippen LogP) is 4.03. The Bertz CT molecular complexity index is 803. The lowest BCUT2D eigenvalue weighted by Crippen LogP contribution is -2.30. The maximum atomic E-state index is 12.8. The van der Waals surface area contributed by atoms with Crippen molar-refractivity contribution >= 4 is 11.7 Å². The van der Waals surface area contributed by atoms with Gasteiger partial charge in [-0.25, -0.2) is 0 Å². The van der Waals surface area contributed by atoms with E-state index in [0.29, 0.717) is 17.1 Å². The van der Waals surface area contributed by atoms with E-state index in [1.807, 2.05) is 41.3 Å². The van der Waals surface area contributed by atoms with Crippen molar-refractivity contribution in [2.24, 2.45) is 0 Å². The number of nitrogens with zero attached hydrogens (tertiary/aromatic N) is 1. The molecule has 142 valence electrons. The van der Waals surface area contributed by atoms with E-state index in [1.165, 1.54) is 0 Å². The van der Waals surface area contributed by atoms with E-state index >= 15 is 0 Å². The van der Waals surface area contributed by atoms with Crippen LogP contribution in [-0.4, -0.2) is 37.4 Å². The number of methoxy groups -OCH3 is 2. The molecule has 1 heterocycles. The molecule has 0 saturated carbocycles. The van der Waals surface area contributed by atoms with E-state index in [-0.39, 0.29) is 30.6 Å². The fraction of sp³-hybridized carbons (Fsp3) is 0.364. The van der Waals surface area contributed by atoms with Gasteiger partial charge in [0, 0.05) is 24.9 Å². The van der Waals surface area contributed by atoms with Crippen molar-refractivity contribution in [2.45, 2.75) is 31.7 Å². The normalized spacial score (nSPS) is 16.2. The van der Waals surface area contributed by atoms with Crippen LogP contribution in [0.5, 0.6) is 11.5 Å². The Labute approximate surface area is 159 Å². The average molecular weight is 367 g/mol. The Balaban J connectivity index is 1.67. The minimum absolute atomic E-state index is 0.00538.